The first-order chi connectivity index (χ1) is 10.8. The minimum atomic E-state index is -0.691. The minimum absolute atomic E-state index is 0.0589. The molecule has 0 aromatic rings. The molecule has 4 rings (SSSR count). The Labute approximate surface area is 139 Å². The highest BCUT2D eigenvalue weighted by Crippen LogP contribution is 2.70. The van der Waals surface area contributed by atoms with Crippen molar-refractivity contribution in [2.24, 2.45) is 34.0 Å². The number of aliphatic hydroxyl groups excluding tert-OH is 1. The number of aliphatic hydroxyl groups is 1. The van der Waals surface area contributed by atoms with Gasteiger partial charge < -0.3 is 10.2 Å². The summed E-state index contributed by atoms with van der Waals surface area (Å²) in [5.41, 5.74) is 1.16. The van der Waals surface area contributed by atoms with Gasteiger partial charge in [0, 0.05) is 12.2 Å². The van der Waals surface area contributed by atoms with Crippen molar-refractivity contribution >= 4 is 5.97 Å². The molecule has 0 aliphatic heterocycles. The Morgan fingerprint density at radius 2 is 1.96 bits per heavy atom. The average Bonchev–Trinajstić information content (AvgIpc) is 2.78. The van der Waals surface area contributed by atoms with Gasteiger partial charge in [0.15, 0.2) is 0 Å². The summed E-state index contributed by atoms with van der Waals surface area (Å²) in [5.74, 6) is 0.789. The molecule has 3 heteroatoms. The molecule has 1 unspecified atom stereocenters. The van der Waals surface area contributed by atoms with Crippen LogP contribution in [0.5, 0.6) is 0 Å². The lowest BCUT2D eigenvalue weighted by molar-refractivity contribution is -0.149. The van der Waals surface area contributed by atoms with E-state index < -0.39 is 5.97 Å². The third-order valence-electron chi connectivity index (χ3n) is 8.41. The largest absolute Gasteiger partial charge is 0.478 e. The van der Waals surface area contributed by atoms with Crippen LogP contribution in [0.1, 0.15) is 65.2 Å². The molecule has 0 amide bonds. The van der Waals surface area contributed by atoms with Crippen LogP contribution in [0.25, 0.3) is 0 Å². The molecule has 4 aliphatic carbocycles. The van der Waals surface area contributed by atoms with Crippen LogP contribution in [0.3, 0.4) is 0 Å². The van der Waals surface area contributed by atoms with E-state index in [9.17, 15) is 15.0 Å². The average molecular weight is 318 g/mol. The smallest absolute Gasteiger partial charge is 0.331 e. The summed E-state index contributed by atoms with van der Waals surface area (Å²) in [6, 6.07) is 0. The molecule has 23 heavy (non-hydrogen) atoms. The van der Waals surface area contributed by atoms with Gasteiger partial charge in [-0.25, -0.2) is 4.79 Å². The van der Waals surface area contributed by atoms with E-state index in [4.69, 9.17) is 0 Å². The van der Waals surface area contributed by atoms with E-state index >= 15 is 0 Å². The van der Waals surface area contributed by atoms with Crippen molar-refractivity contribution < 1.29 is 15.0 Å². The molecular formula is C20H30O3. The predicted octanol–water partition coefficient (Wildman–Crippen LogP) is 4.01. The van der Waals surface area contributed by atoms with Gasteiger partial charge in [0.2, 0.25) is 0 Å². The molecule has 4 aliphatic rings. The fraction of sp³-hybridized carbons (Fsp3) is 0.850. The van der Waals surface area contributed by atoms with Crippen molar-refractivity contribution in [2.45, 2.75) is 65.2 Å². The lowest BCUT2D eigenvalue weighted by Crippen LogP contribution is -2.57. The van der Waals surface area contributed by atoms with Gasteiger partial charge in [-0.2, -0.15) is 0 Å². The lowest BCUT2D eigenvalue weighted by atomic mass is 9.41. The van der Waals surface area contributed by atoms with Crippen LogP contribution in [0, 0.1) is 34.0 Å². The molecule has 3 saturated carbocycles. The summed E-state index contributed by atoms with van der Waals surface area (Å²) in [5, 5.41) is 19.6. The second-order valence-corrected chi connectivity index (χ2v) is 9.43. The second-order valence-electron chi connectivity index (χ2n) is 9.43. The molecule has 3 nitrogen and oxygen atoms in total. The first-order valence-electron chi connectivity index (χ1n) is 9.42. The van der Waals surface area contributed by atoms with E-state index in [0.717, 1.165) is 32.1 Å². The van der Waals surface area contributed by atoms with Crippen LogP contribution in [-0.2, 0) is 4.79 Å². The summed E-state index contributed by atoms with van der Waals surface area (Å²) < 4.78 is 0. The highest BCUT2D eigenvalue weighted by atomic mass is 16.4. The van der Waals surface area contributed by atoms with Crippen LogP contribution in [0.15, 0.2) is 11.6 Å². The first-order valence-corrected chi connectivity index (χ1v) is 9.42. The number of fused-ring (bicyclic) bond motifs is 3. The van der Waals surface area contributed by atoms with E-state index in [1.807, 2.05) is 0 Å². The number of carbonyl (C=O) groups is 1. The SMILES string of the molecule is C[C@]1(CO)CCC[C@]2(C)[C@@H]1CC[C@]13C=C(C(=O)O)C(CC[C@H]12)C3. The maximum absolute atomic E-state index is 11.6. The fourth-order valence-electron chi connectivity index (χ4n) is 7.50. The summed E-state index contributed by atoms with van der Waals surface area (Å²) in [6.07, 6.45) is 11.3. The molecule has 0 saturated heterocycles. The minimum Gasteiger partial charge on any atom is -0.478 e. The van der Waals surface area contributed by atoms with Gasteiger partial charge in [-0.3, -0.25) is 0 Å². The van der Waals surface area contributed by atoms with E-state index in [0.29, 0.717) is 24.0 Å². The summed E-state index contributed by atoms with van der Waals surface area (Å²) in [6.45, 7) is 5.04. The van der Waals surface area contributed by atoms with Crippen LogP contribution in [-0.4, -0.2) is 22.8 Å². The molecule has 2 bridgehead atoms. The molecule has 2 N–H and O–H groups in total. The molecule has 0 aromatic carbocycles. The number of rotatable bonds is 2. The molecule has 0 radical (unpaired) electrons. The Kier molecular flexibility index (Phi) is 3.30. The van der Waals surface area contributed by atoms with Gasteiger partial charge in [-0.15, -0.1) is 0 Å². The number of hydrogen-bond donors (Lipinski definition) is 2. The first kappa shape index (κ1) is 15.7. The quantitative estimate of drug-likeness (QED) is 0.808. The normalized spacial score (nSPS) is 51.6. The standard InChI is InChI=1S/C20H30O3/c1-18(12-21)7-3-8-19(2)15(18)6-9-20-10-13(4-5-16(19)20)14(11-20)17(22)23/h11,13,15-16,21H,3-10,12H2,1-2H3,(H,22,23)/t13?,15-,16+,18-,19-,20+/m1/s1. The number of carboxylic acids is 1. The fourth-order valence-corrected chi connectivity index (χ4v) is 7.50. The molecular weight excluding hydrogens is 288 g/mol. The van der Waals surface area contributed by atoms with Gasteiger partial charge in [-0.1, -0.05) is 26.3 Å². The number of hydrogen-bond acceptors (Lipinski definition) is 2. The van der Waals surface area contributed by atoms with Crippen molar-refractivity contribution in [3.63, 3.8) is 0 Å². The van der Waals surface area contributed by atoms with Crippen molar-refractivity contribution in [3.05, 3.63) is 11.6 Å². The summed E-state index contributed by atoms with van der Waals surface area (Å²) in [7, 11) is 0. The number of aliphatic carboxylic acids is 1. The molecule has 128 valence electrons. The highest BCUT2D eigenvalue weighted by molar-refractivity contribution is 5.88. The van der Waals surface area contributed by atoms with Crippen molar-refractivity contribution in [2.75, 3.05) is 6.61 Å². The zero-order chi connectivity index (χ0) is 16.5. The van der Waals surface area contributed by atoms with Gasteiger partial charge >= 0.3 is 5.97 Å². The monoisotopic (exact) mass is 318 g/mol. The Morgan fingerprint density at radius 3 is 2.65 bits per heavy atom. The summed E-state index contributed by atoms with van der Waals surface area (Å²) >= 11 is 0. The lowest BCUT2D eigenvalue weighted by Gasteiger charge is -2.64. The Hall–Kier alpha value is -0.830. The van der Waals surface area contributed by atoms with Crippen molar-refractivity contribution in [1.29, 1.82) is 0 Å². The molecule has 1 spiro atoms. The number of allylic oxidation sites excluding steroid dienone is 1. The van der Waals surface area contributed by atoms with Crippen LogP contribution in [0.2, 0.25) is 0 Å². The maximum Gasteiger partial charge on any atom is 0.331 e. The number of carboxylic acid groups (broad SMARTS) is 1. The Balaban J connectivity index is 1.75. The van der Waals surface area contributed by atoms with Gasteiger partial charge in [-0.05, 0) is 78.9 Å². The summed E-state index contributed by atoms with van der Waals surface area (Å²) in [4.78, 5) is 11.6. The molecule has 0 heterocycles. The zero-order valence-electron chi connectivity index (χ0n) is 14.5. The van der Waals surface area contributed by atoms with Crippen molar-refractivity contribution in [3.8, 4) is 0 Å². The Morgan fingerprint density at radius 1 is 1.17 bits per heavy atom. The van der Waals surface area contributed by atoms with Crippen LogP contribution < -0.4 is 0 Å². The molecule has 6 atom stereocenters. The highest BCUT2D eigenvalue weighted by Gasteiger charge is 2.63. The molecule has 3 fully saturated rings. The zero-order valence-corrected chi connectivity index (χ0v) is 14.5. The van der Waals surface area contributed by atoms with E-state index in [-0.39, 0.29) is 22.2 Å². The predicted molar refractivity (Wildman–Crippen MR) is 88.9 cm³/mol. The van der Waals surface area contributed by atoms with Gasteiger partial charge in [0.25, 0.3) is 0 Å². The third kappa shape index (κ3) is 1.95. The van der Waals surface area contributed by atoms with Gasteiger partial charge in [0.1, 0.15) is 0 Å². The maximum atomic E-state index is 11.6. The molecule has 0 aromatic heterocycles. The van der Waals surface area contributed by atoms with Crippen molar-refractivity contribution in [1.82, 2.24) is 0 Å². The van der Waals surface area contributed by atoms with Crippen LogP contribution in [0.4, 0.5) is 0 Å². The van der Waals surface area contributed by atoms with E-state index in [1.54, 1.807) is 0 Å². The van der Waals surface area contributed by atoms with E-state index in [2.05, 4.69) is 19.9 Å². The third-order valence-corrected chi connectivity index (χ3v) is 8.41. The van der Waals surface area contributed by atoms with Crippen LogP contribution >= 0.6 is 0 Å². The topological polar surface area (TPSA) is 57.5 Å². The van der Waals surface area contributed by atoms with E-state index in [1.165, 1.54) is 19.3 Å². The second kappa shape index (κ2) is 4.84. The van der Waals surface area contributed by atoms with Gasteiger partial charge in [0.05, 0.1) is 0 Å². The Bertz CT molecular complexity index is 567.